The molecular weight excluding hydrogens is 214 g/mol. The topological polar surface area (TPSA) is 0 Å². The number of hydrogen-bond donors (Lipinski definition) is 0. The Labute approximate surface area is 80.2 Å². The summed E-state index contributed by atoms with van der Waals surface area (Å²) in [6, 6.07) is 0. The first kappa shape index (κ1) is 8.16. The van der Waals surface area contributed by atoms with Gasteiger partial charge >= 0.3 is 80.6 Å². The number of hydrogen-bond acceptors (Lipinski definition) is 0. The zero-order valence-electron chi connectivity index (χ0n) is 4.29. The average Bonchev–Trinajstić information content (AvgIpc) is 1.98. The van der Waals surface area contributed by atoms with E-state index in [1.807, 2.05) is 20.4 Å². The molecule has 0 fully saturated rings. The number of alkyl halides is 1. The van der Waals surface area contributed by atoms with Gasteiger partial charge in [-0.2, -0.15) is 0 Å². The molecule has 0 heterocycles. The molecule has 47 valence electrons. The van der Waals surface area contributed by atoms with E-state index in [9.17, 15) is 0 Å². The molecule has 9 heavy (non-hydrogen) atoms. The summed E-state index contributed by atoms with van der Waals surface area (Å²) in [4.78, 5) is 0. The number of halogens is 3. The van der Waals surface area contributed by atoms with Crippen molar-refractivity contribution in [1.29, 1.82) is 0 Å². The molecular formula is C5H2Cl3Ti. The molecule has 0 amide bonds. The summed E-state index contributed by atoms with van der Waals surface area (Å²) in [5.41, 5.74) is 0. The van der Waals surface area contributed by atoms with Gasteiger partial charge in [-0.15, -0.1) is 0 Å². The third kappa shape index (κ3) is 1.55. The Morgan fingerprint density at radius 2 is 2.00 bits per heavy atom. The van der Waals surface area contributed by atoms with Gasteiger partial charge in [-0.1, -0.05) is 0 Å². The van der Waals surface area contributed by atoms with Gasteiger partial charge in [0.1, 0.15) is 0 Å². The van der Waals surface area contributed by atoms with Crippen molar-refractivity contribution in [3.8, 4) is 0 Å². The van der Waals surface area contributed by atoms with E-state index < -0.39 is 0 Å². The van der Waals surface area contributed by atoms with Gasteiger partial charge in [0.15, 0.2) is 0 Å². The second-order valence-electron chi connectivity index (χ2n) is 1.64. The summed E-state index contributed by atoms with van der Waals surface area (Å²) in [6.07, 6.45) is 1.72. The Hall–Kier alpha value is 1.06. The molecule has 1 unspecified atom stereocenters. The predicted molar refractivity (Wildman–Crippen MR) is 36.5 cm³/mol. The van der Waals surface area contributed by atoms with Crippen LogP contribution in [0.3, 0.4) is 0 Å². The van der Waals surface area contributed by atoms with Gasteiger partial charge in [-0.25, -0.2) is 0 Å². The standard InChI is InChI=1S/C5H2Cl3.Ti/c6-3-1-4(7)5(8)2-3;/h1,3H;. The van der Waals surface area contributed by atoms with Crippen molar-refractivity contribution in [1.82, 2.24) is 0 Å². The summed E-state index contributed by atoms with van der Waals surface area (Å²) in [5.74, 6) is 0. The van der Waals surface area contributed by atoms with E-state index in [4.69, 9.17) is 34.8 Å². The van der Waals surface area contributed by atoms with Gasteiger partial charge in [0.05, 0.1) is 0 Å². The first-order chi connectivity index (χ1) is 4.13. The van der Waals surface area contributed by atoms with Gasteiger partial charge < -0.3 is 0 Å². The molecule has 0 nitrogen and oxygen atoms in total. The van der Waals surface area contributed by atoms with Crippen LogP contribution >= 0.6 is 34.8 Å². The van der Waals surface area contributed by atoms with Gasteiger partial charge in [-0.3, -0.25) is 0 Å². The Morgan fingerprint density at radius 3 is 2.11 bits per heavy atom. The van der Waals surface area contributed by atoms with Crippen molar-refractivity contribution in [3.63, 3.8) is 0 Å². The zero-order chi connectivity index (χ0) is 7.02. The van der Waals surface area contributed by atoms with Crippen molar-refractivity contribution < 1.29 is 20.4 Å². The van der Waals surface area contributed by atoms with Crippen LogP contribution in [0.4, 0.5) is 0 Å². The Bertz CT molecular complexity index is 194. The van der Waals surface area contributed by atoms with Gasteiger partial charge in [0.2, 0.25) is 0 Å². The minimum absolute atomic E-state index is 0.106. The van der Waals surface area contributed by atoms with Crippen molar-refractivity contribution >= 4 is 34.8 Å². The van der Waals surface area contributed by atoms with E-state index in [0.29, 0.717) is 10.1 Å². The fraction of sp³-hybridized carbons (Fsp3) is 0.200. The fourth-order valence-electron chi connectivity index (χ4n) is 0.535. The van der Waals surface area contributed by atoms with Crippen LogP contribution in [-0.4, -0.2) is 5.38 Å². The van der Waals surface area contributed by atoms with Crippen LogP contribution in [0.2, 0.25) is 0 Å². The van der Waals surface area contributed by atoms with E-state index in [0.717, 1.165) is 3.88 Å². The van der Waals surface area contributed by atoms with Crippen LogP contribution in [0.1, 0.15) is 0 Å². The number of allylic oxidation sites excluding steroid dienone is 4. The molecule has 0 N–H and O–H groups in total. The summed E-state index contributed by atoms with van der Waals surface area (Å²) < 4.78 is 0.934. The molecule has 0 saturated heterocycles. The molecule has 1 aliphatic carbocycles. The molecule has 0 bridgehead atoms. The quantitative estimate of drug-likeness (QED) is 0.431. The summed E-state index contributed by atoms with van der Waals surface area (Å²) in [7, 11) is 0. The zero-order valence-corrected chi connectivity index (χ0v) is 8.12. The van der Waals surface area contributed by atoms with Crippen LogP contribution in [-0.2, 0) is 20.4 Å². The van der Waals surface area contributed by atoms with Crippen LogP contribution in [0.15, 0.2) is 20.0 Å². The third-order valence-electron chi connectivity index (χ3n) is 1.01. The molecule has 0 radical (unpaired) electrons. The molecule has 0 aromatic carbocycles. The van der Waals surface area contributed by atoms with Gasteiger partial charge in [-0.05, 0) is 0 Å². The van der Waals surface area contributed by atoms with Crippen LogP contribution in [0, 0.1) is 0 Å². The molecule has 4 heteroatoms. The average molecular weight is 216 g/mol. The van der Waals surface area contributed by atoms with E-state index >= 15 is 0 Å². The predicted octanol–water partition coefficient (Wildman–Crippen LogP) is 2.73. The fourth-order valence-corrected chi connectivity index (χ4v) is 1.76. The van der Waals surface area contributed by atoms with Crippen LogP contribution in [0.25, 0.3) is 0 Å². The molecule has 1 rings (SSSR count). The summed E-state index contributed by atoms with van der Waals surface area (Å²) in [5, 5.41) is 1.05. The van der Waals surface area contributed by atoms with E-state index in [1.165, 1.54) is 0 Å². The Morgan fingerprint density at radius 1 is 1.44 bits per heavy atom. The molecule has 0 aliphatic heterocycles. The molecule has 0 aromatic heterocycles. The first-order valence-corrected chi connectivity index (χ1v) is 4.23. The third-order valence-corrected chi connectivity index (χ3v) is 3.59. The summed E-state index contributed by atoms with van der Waals surface area (Å²) >= 11 is 19.0. The van der Waals surface area contributed by atoms with E-state index in [1.54, 1.807) is 6.08 Å². The van der Waals surface area contributed by atoms with E-state index in [2.05, 4.69) is 0 Å². The van der Waals surface area contributed by atoms with Crippen molar-refractivity contribution in [3.05, 3.63) is 20.0 Å². The molecule has 0 spiro atoms. The normalized spacial score (nSPS) is 26.9. The van der Waals surface area contributed by atoms with E-state index in [-0.39, 0.29) is 5.38 Å². The first-order valence-electron chi connectivity index (χ1n) is 2.26. The maximum absolute atomic E-state index is 5.75. The molecule has 0 aromatic rings. The van der Waals surface area contributed by atoms with Crippen molar-refractivity contribution in [2.24, 2.45) is 0 Å². The number of rotatable bonds is 0. The minimum atomic E-state index is -0.106. The Balaban J connectivity index is 2.97. The monoisotopic (exact) mass is 215 g/mol. The van der Waals surface area contributed by atoms with Gasteiger partial charge in [0.25, 0.3) is 0 Å². The molecule has 1 aliphatic rings. The molecule has 0 saturated carbocycles. The second-order valence-corrected chi connectivity index (χ2v) is 3.74. The molecule has 1 atom stereocenters. The SMILES string of the molecule is ClC1=CC(Cl)[C]([Ti])=C1Cl. The van der Waals surface area contributed by atoms with Crippen molar-refractivity contribution in [2.75, 3.05) is 0 Å². The summed E-state index contributed by atoms with van der Waals surface area (Å²) in [6.45, 7) is 0. The maximum atomic E-state index is 5.75. The Kier molecular flexibility index (Phi) is 2.70. The van der Waals surface area contributed by atoms with Crippen LogP contribution in [0.5, 0.6) is 0 Å². The second kappa shape index (κ2) is 2.98. The van der Waals surface area contributed by atoms with Gasteiger partial charge in [0, 0.05) is 0 Å². The van der Waals surface area contributed by atoms with Crippen LogP contribution < -0.4 is 0 Å². The van der Waals surface area contributed by atoms with Crippen molar-refractivity contribution in [2.45, 2.75) is 5.38 Å².